The molecule has 1 spiro atoms. The molecule has 1 aliphatic carbocycles. The van der Waals surface area contributed by atoms with Crippen molar-refractivity contribution in [3.8, 4) is 0 Å². The van der Waals surface area contributed by atoms with Crippen molar-refractivity contribution in [2.45, 2.75) is 24.2 Å². The Kier molecular flexibility index (Phi) is 2.32. The van der Waals surface area contributed by atoms with Gasteiger partial charge in [-0.1, -0.05) is 18.6 Å². The van der Waals surface area contributed by atoms with E-state index in [4.69, 9.17) is 0 Å². The average molecular weight is 255 g/mol. The first-order valence-corrected chi connectivity index (χ1v) is 7.22. The molecule has 0 N–H and O–H groups in total. The maximum atomic E-state index is 13.5. The second kappa shape index (κ2) is 3.53. The van der Waals surface area contributed by atoms with Gasteiger partial charge in [0, 0.05) is 13.1 Å². The third-order valence-corrected chi connectivity index (χ3v) is 5.72. The molecule has 1 saturated carbocycles. The van der Waals surface area contributed by atoms with E-state index in [-0.39, 0.29) is 10.3 Å². The molecule has 1 aromatic rings. The average Bonchev–Trinajstić information content (AvgIpc) is 2.13. The van der Waals surface area contributed by atoms with Gasteiger partial charge in [0.05, 0.1) is 0 Å². The summed E-state index contributed by atoms with van der Waals surface area (Å²) in [6, 6.07) is 5.56. The maximum absolute atomic E-state index is 13.5. The second-order valence-corrected chi connectivity index (χ2v) is 6.96. The highest BCUT2D eigenvalue weighted by molar-refractivity contribution is 7.89. The topological polar surface area (TPSA) is 37.4 Å². The fourth-order valence-corrected chi connectivity index (χ4v) is 4.39. The van der Waals surface area contributed by atoms with E-state index in [1.807, 2.05) is 0 Å². The summed E-state index contributed by atoms with van der Waals surface area (Å²) in [5, 5.41) is 0. The molecule has 0 bridgehead atoms. The van der Waals surface area contributed by atoms with Gasteiger partial charge in [0.2, 0.25) is 10.0 Å². The lowest BCUT2D eigenvalue weighted by Crippen LogP contribution is -2.61. The fraction of sp³-hybridized carbons (Fsp3) is 0.500. The van der Waals surface area contributed by atoms with Gasteiger partial charge in [-0.15, -0.1) is 0 Å². The van der Waals surface area contributed by atoms with E-state index in [0.717, 1.165) is 12.8 Å². The van der Waals surface area contributed by atoms with Crippen LogP contribution in [-0.2, 0) is 10.0 Å². The van der Waals surface area contributed by atoms with Crippen LogP contribution in [0.1, 0.15) is 19.3 Å². The molecule has 1 aromatic carbocycles. The lowest BCUT2D eigenvalue weighted by atomic mass is 9.65. The molecule has 0 unspecified atom stereocenters. The highest BCUT2D eigenvalue weighted by Crippen LogP contribution is 2.49. The van der Waals surface area contributed by atoms with Crippen molar-refractivity contribution in [2.24, 2.45) is 5.41 Å². The SMILES string of the molecule is O=S(=O)(c1ccccc1F)N1CC2(CCC2)C1. The lowest BCUT2D eigenvalue weighted by Gasteiger charge is -2.54. The molecule has 3 rings (SSSR count). The largest absolute Gasteiger partial charge is 0.246 e. The molecule has 1 aliphatic heterocycles. The van der Waals surface area contributed by atoms with E-state index < -0.39 is 15.8 Å². The van der Waals surface area contributed by atoms with E-state index in [2.05, 4.69) is 0 Å². The minimum Gasteiger partial charge on any atom is -0.207 e. The van der Waals surface area contributed by atoms with Gasteiger partial charge in [0.1, 0.15) is 10.7 Å². The number of nitrogens with zero attached hydrogens (tertiary/aromatic N) is 1. The zero-order valence-electron chi connectivity index (χ0n) is 9.39. The third-order valence-electron chi connectivity index (χ3n) is 3.89. The van der Waals surface area contributed by atoms with Crippen molar-refractivity contribution in [2.75, 3.05) is 13.1 Å². The Morgan fingerprint density at radius 3 is 2.35 bits per heavy atom. The molecule has 5 heteroatoms. The van der Waals surface area contributed by atoms with Crippen LogP contribution in [0.15, 0.2) is 29.2 Å². The van der Waals surface area contributed by atoms with Gasteiger partial charge in [-0.05, 0) is 30.4 Å². The minimum absolute atomic E-state index is 0.200. The van der Waals surface area contributed by atoms with E-state index in [1.54, 1.807) is 6.07 Å². The molecule has 0 amide bonds. The molecule has 0 aromatic heterocycles. The van der Waals surface area contributed by atoms with E-state index >= 15 is 0 Å². The van der Waals surface area contributed by atoms with Crippen molar-refractivity contribution in [3.63, 3.8) is 0 Å². The number of halogens is 1. The van der Waals surface area contributed by atoms with Crippen LogP contribution < -0.4 is 0 Å². The van der Waals surface area contributed by atoms with Crippen molar-refractivity contribution in [1.29, 1.82) is 0 Å². The maximum Gasteiger partial charge on any atom is 0.246 e. The predicted octanol–water partition coefficient (Wildman–Crippen LogP) is 2.00. The third kappa shape index (κ3) is 1.60. The molecular weight excluding hydrogens is 241 g/mol. The van der Waals surface area contributed by atoms with Gasteiger partial charge >= 0.3 is 0 Å². The fourth-order valence-electron chi connectivity index (χ4n) is 2.66. The van der Waals surface area contributed by atoms with Crippen LogP contribution in [-0.4, -0.2) is 25.8 Å². The van der Waals surface area contributed by atoms with Crippen molar-refractivity contribution >= 4 is 10.0 Å². The van der Waals surface area contributed by atoms with Crippen LogP contribution >= 0.6 is 0 Å². The summed E-state index contributed by atoms with van der Waals surface area (Å²) in [7, 11) is -3.62. The van der Waals surface area contributed by atoms with Gasteiger partial charge < -0.3 is 0 Å². The number of hydrogen-bond acceptors (Lipinski definition) is 2. The highest BCUT2D eigenvalue weighted by atomic mass is 32.2. The normalized spacial score (nSPS) is 23.1. The van der Waals surface area contributed by atoms with Crippen LogP contribution in [0.4, 0.5) is 4.39 Å². The molecule has 1 heterocycles. The summed E-state index contributed by atoms with van der Waals surface area (Å²) in [6.45, 7) is 1.12. The van der Waals surface area contributed by atoms with Crippen LogP contribution in [0.5, 0.6) is 0 Å². The Morgan fingerprint density at radius 2 is 1.82 bits per heavy atom. The van der Waals surface area contributed by atoms with Crippen molar-refractivity contribution in [3.05, 3.63) is 30.1 Å². The molecule has 2 fully saturated rings. The molecule has 92 valence electrons. The van der Waals surface area contributed by atoms with Crippen LogP contribution in [0.3, 0.4) is 0 Å². The van der Waals surface area contributed by atoms with Crippen molar-refractivity contribution in [1.82, 2.24) is 4.31 Å². The summed E-state index contributed by atoms with van der Waals surface area (Å²) in [5.41, 5.74) is 0.221. The predicted molar refractivity (Wildman–Crippen MR) is 61.4 cm³/mol. The molecule has 2 aliphatic rings. The zero-order chi connectivity index (χ0) is 12.1. The highest BCUT2D eigenvalue weighted by Gasteiger charge is 2.51. The van der Waals surface area contributed by atoms with Gasteiger partial charge in [-0.25, -0.2) is 12.8 Å². The Balaban J connectivity index is 1.85. The van der Waals surface area contributed by atoms with Crippen LogP contribution in [0.2, 0.25) is 0 Å². The quantitative estimate of drug-likeness (QED) is 0.810. The van der Waals surface area contributed by atoms with Crippen LogP contribution in [0.25, 0.3) is 0 Å². The summed E-state index contributed by atoms with van der Waals surface area (Å²) >= 11 is 0. The summed E-state index contributed by atoms with van der Waals surface area (Å²) in [6.07, 6.45) is 3.40. The summed E-state index contributed by atoms with van der Waals surface area (Å²) < 4.78 is 39.2. The number of rotatable bonds is 2. The second-order valence-electron chi connectivity index (χ2n) is 5.06. The molecule has 0 atom stereocenters. The summed E-state index contributed by atoms with van der Waals surface area (Å²) in [4.78, 5) is -0.200. The number of sulfonamides is 1. The molecule has 17 heavy (non-hydrogen) atoms. The van der Waals surface area contributed by atoms with Crippen molar-refractivity contribution < 1.29 is 12.8 Å². The minimum atomic E-state index is -3.62. The van der Waals surface area contributed by atoms with Crippen LogP contribution in [0, 0.1) is 11.2 Å². The van der Waals surface area contributed by atoms with E-state index in [0.29, 0.717) is 13.1 Å². The van der Waals surface area contributed by atoms with Gasteiger partial charge in [0.15, 0.2) is 0 Å². The zero-order valence-corrected chi connectivity index (χ0v) is 10.2. The van der Waals surface area contributed by atoms with E-state index in [1.165, 1.54) is 28.9 Å². The molecule has 3 nitrogen and oxygen atoms in total. The van der Waals surface area contributed by atoms with Gasteiger partial charge in [-0.3, -0.25) is 0 Å². The molecule has 1 saturated heterocycles. The number of benzene rings is 1. The van der Waals surface area contributed by atoms with Gasteiger partial charge in [-0.2, -0.15) is 4.31 Å². The Labute approximate surface area is 100 Å². The Bertz CT molecular complexity index is 543. The van der Waals surface area contributed by atoms with Gasteiger partial charge in [0.25, 0.3) is 0 Å². The first kappa shape index (κ1) is 11.2. The monoisotopic (exact) mass is 255 g/mol. The lowest BCUT2D eigenvalue weighted by molar-refractivity contribution is -0.00805. The molecular formula is C12H14FNO2S. The first-order chi connectivity index (χ1) is 8.04. The smallest absolute Gasteiger partial charge is 0.207 e. The Morgan fingerprint density at radius 1 is 1.18 bits per heavy atom. The Hall–Kier alpha value is -0.940. The van der Waals surface area contributed by atoms with E-state index in [9.17, 15) is 12.8 Å². The standard InChI is InChI=1S/C12H14FNO2S/c13-10-4-1-2-5-11(10)17(15,16)14-8-12(9-14)6-3-7-12/h1-2,4-5H,3,6-9H2. The number of hydrogen-bond donors (Lipinski definition) is 0. The summed E-state index contributed by atoms with van der Waals surface area (Å²) in [5.74, 6) is -0.665. The molecule has 0 radical (unpaired) electrons. The first-order valence-electron chi connectivity index (χ1n) is 5.78.